The molecular formula is C17H21NO3. The number of rotatable bonds is 5. The van der Waals surface area contributed by atoms with Crippen LogP contribution in [-0.2, 0) is 11.2 Å². The van der Waals surface area contributed by atoms with Crippen LogP contribution in [0.4, 0.5) is 0 Å². The zero-order valence-electron chi connectivity index (χ0n) is 12.4. The van der Waals surface area contributed by atoms with E-state index in [1.165, 1.54) is 0 Å². The minimum Gasteiger partial charge on any atom is -0.480 e. The van der Waals surface area contributed by atoms with E-state index < -0.39 is 12.0 Å². The summed E-state index contributed by atoms with van der Waals surface area (Å²) in [7, 11) is 0. The number of benzene rings is 1. The number of carbonyl (C=O) groups is 2. The van der Waals surface area contributed by atoms with Gasteiger partial charge in [-0.15, -0.1) is 0 Å². The van der Waals surface area contributed by atoms with Gasteiger partial charge in [0.25, 0.3) is 5.91 Å². The summed E-state index contributed by atoms with van der Waals surface area (Å²) in [5.41, 5.74) is 2.80. The van der Waals surface area contributed by atoms with Crippen LogP contribution in [0.1, 0.15) is 48.2 Å². The standard InChI is InChI=1S/C17H21NO3/c1-3-11(2)15(17(20)21)18-16(19)14-9-8-12-6-4-5-7-13(12)10-14/h4,6,8-11,15H,3,5,7H2,1-2H3,(H,18,19)(H,20,21)/t11-,15-/m0/s1. The van der Waals surface area contributed by atoms with Gasteiger partial charge in [0, 0.05) is 5.56 Å². The van der Waals surface area contributed by atoms with Crippen molar-refractivity contribution in [2.24, 2.45) is 5.92 Å². The van der Waals surface area contributed by atoms with Gasteiger partial charge >= 0.3 is 5.97 Å². The fourth-order valence-corrected chi connectivity index (χ4v) is 2.48. The molecule has 0 aromatic heterocycles. The summed E-state index contributed by atoms with van der Waals surface area (Å²) < 4.78 is 0. The Bertz CT molecular complexity index is 577. The molecule has 1 aliphatic carbocycles. The molecule has 4 heteroatoms. The van der Waals surface area contributed by atoms with Crippen molar-refractivity contribution in [3.8, 4) is 0 Å². The van der Waals surface area contributed by atoms with Crippen molar-refractivity contribution in [3.05, 3.63) is 41.0 Å². The van der Waals surface area contributed by atoms with E-state index in [-0.39, 0.29) is 11.8 Å². The van der Waals surface area contributed by atoms with Gasteiger partial charge in [-0.2, -0.15) is 0 Å². The molecule has 1 amide bonds. The Balaban J connectivity index is 2.16. The number of allylic oxidation sites excluding steroid dienone is 1. The second-order valence-electron chi connectivity index (χ2n) is 5.53. The van der Waals surface area contributed by atoms with Crippen LogP contribution < -0.4 is 5.32 Å². The molecular weight excluding hydrogens is 266 g/mol. The van der Waals surface area contributed by atoms with Crippen LogP contribution in [-0.4, -0.2) is 23.0 Å². The molecule has 4 nitrogen and oxygen atoms in total. The van der Waals surface area contributed by atoms with E-state index in [1.807, 2.05) is 26.0 Å². The third-order valence-electron chi connectivity index (χ3n) is 4.05. The average molecular weight is 287 g/mol. The lowest BCUT2D eigenvalue weighted by molar-refractivity contribution is -0.140. The quantitative estimate of drug-likeness (QED) is 0.875. The van der Waals surface area contributed by atoms with Crippen LogP contribution >= 0.6 is 0 Å². The van der Waals surface area contributed by atoms with Gasteiger partial charge in [0.15, 0.2) is 0 Å². The van der Waals surface area contributed by atoms with Crippen LogP contribution in [0.2, 0.25) is 0 Å². The molecule has 1 aromatic rings. The second kappa shape index (κ2) is 6.57. The first-order valence-electron chi connectivity index (χ1n) is 7.36. The molecule has 0 saturated heterocycles. The Hall–Kier alpha value is -2.10. The van der Waals surface area contributed by atoms with Gasteiger partial charge in [-0.05, 0) is 42.0 Å². The number of hydrogen-bond acceptors (Lipinski definition) is 2. The van der Waals surface area contributed by atoms with Crippen molar-refractivity contribution in [2.75, 3.05) is 0 Å². The minimum atomic E-state index is -0.987. The topological polar surface area (TPSA) is 66.4 Å². The van der Waals surface area contributed by atoms with Crippen molar-refractivity contribution in [1.29, 1.82) is 0 Å². The number of hydrogen-bond donors (Lipinski definition) is 2. The maximum Gasteiger partial charge on any atom is 0.326 e. The Morgan fingerprint density at radius 1 is 1.38 bits per heavy atom. The molecule has 1 aliphatic rings. The lowest BCUT2D eigenvalue weighted by Gasteiger charge is -2.20. The number of carboxylic acid groups (broad SMARTS) is 1. The smallest absolute Gasteiger partial charge is 0.326 e. The number of carbonyl (C=O) groups excluding carboxylic acids is 1. The predicted molar refractivity (Wildman–Crippen MR) is 82.1 cm³/mol. The lowest BCUT2D eigenvalue weighted by Crippen LogP contribution is -2.45. The van der Waals surface area contributed by atoms with E-state index in [0.29, 0.717) is 12.0 Å². The molecule has 0 saturated carbocycles. The number of nitrogens with one attached hydrogen (secondary N) is 1. The van der Waals surface area contributed by atoms with Crippen molar-refractivity contribution < 1.29 is 14.7 Å². The van der Waals surface area contributed by atoms with Crippen LogP contribution in [0.3, 0.4) is 0 Å². The Morgan fingerprint density at radius 2 is 2.14 bits per heavy atom. The predicted octanol–water partition coefficient (Wildman–Crippen LogP) is 2.88. The molecule has 2 rings (SSSR count). The normalized spacial score (nSPS) is 15.9. The van der Waals surface area contributed by atoms with E-state index in [9.17, 15) is 14.7 Å². The van der Waals surface area contributed by atoms with Crippen LogP contribution in [0.5, 0.6) is 0 Å². The van der Waals surface area contributed by atoms with E-state index in [4.69, 9.17) is 0 Å². The van der Waals surface area contributed by atoms with E-state index in [0.717, 1.165) is 24.0 Å². The van der Waals surface area contributed by atoms with Gasteiger partial charge in [-0.1, -0.05) is 38.5 Å². The van der Waals surface area contributed by atoms with Gasteiger partial charge < -0.3 is 10.4 Å². The van der Waals surface area contributed by atoms with Crippen molar-refractivity contribution in [1.82, 2.24) is 5.32 Å². The highest BCUT2D eigenvalue weighted by atomic mass is 16.4. The molecule has 0 heterocycles. The second-order valence-corrected chi connectivity index (χ2v) is 5.53. The summed E-state index contributed by atoms with van der Waals surface area (Å²) in [5, 5.41) is 11.9. The third kappa shape index (κ3) is 3.51. The maximum atomic E-state index is 12.3. The number of fused-ring (bicyclic) bond motifs is 1. The van der Waals surface area contributed by atoms with E-state index in [2.05, 4.69) is 17.5 Å². The van der Waals surface area contributed by atoms with Gasteiger partial charge in [-0.25, -0.2) is 4.79 Å². The zero-order valence-corrected chi connectivity index (χ0v) is 12.4. The van der Waals surface area contributed by atoms with Crippen molar-refractivity contribution in [3.63, 3.8) is 0 Å². The van der Waals surface area contributed by atoms with Gasteiger partial charge in [0.1, 0.15) is 6.04 Å². The van der Waals surface area contributed by atoms with Gasteiger partial charge in [0.2, 0.25) is 0 Å². The Labute approximate surface area is 124 Å². The molecule has 0 fully saturated rings. The number of aryl methyl sites for hydroxylation is 1. The monoisotopic (exact) mass is 287 g/mol. The third-order valence-corrected chi connectivity index (χ3v) is 4.05. The minimum absolute atomic E-state index is 0.105. The molecule has 0 unspecified atom stereocenters. The molecule has 1 aromatic carbocycles. The van der Waals surface area contributed by atoms with Gasteiger partial charge in [-0.3, -0.25) is 4.79 Å². The molecule has 21 heavy (non-hydrogen) atoms. The van der Waals surface area contributed by atoms with Crippen molar-refractivity contribution >= 4 is 18.0 Å². The number of amides is 1. The summed E-state index contributed by atoms with van der Waals surface area (Å²) in [6.07, 6.45) is 6.76. The summed E-state index contributed by atoms with van der Waals surface area (Å²) >= 11 is 0. The molecule has 0 radical (unpaired) electrons. The number of aliphatic carboxylic acids is 1. The largest absolute Gasteiger partial charge is 0.480 e. The summed E-state index contributed by atoms with van der Waals surface area (Å²) in [6.45, 7) is 3.74. The molecule has 2 atom stereocenters. The molecule has 2 N–H and O–H groups in total. The first kappa shape index (κ1) is 15.3. The van der Waals surface area contributed by atoms with E-state index >= 15 is 0 Å². The summed E-state index contributed by atoms with van der Waals surface area (Å²) in [5.74, 6) is -1.41. The molecule has 0 aliphatic heterocycles. The Kier molecular flexibility index (Phi) is 4.78. The number of carboxylic acids is 1. The van der Waals surface area contributed by atoms with Gasteiger partial charge in [0.05, 0.1) is 0 Å². The fourth-order valence-electron chi connectivity index (χ4n) is 2.48. The van der Waals surface area contributed by atoms with E-state index in [1.54, 1.807) is 6.07 Å². The zero-order chi connectivity index (χ0) is 15.4. The Morgan fingerprint density at radius 3 is 2.81 bits per heavy atom. The van der Waals surface area contributed by atoms with Crippen LogP contribution in [0.25, 0.3) is 6.08 Å². The molecule has 0 bridgehead atoms. The molecule has 0 spiro atoms. The highest BCUT2D eigenvalue weighted by Crippen LogP contribution is 2.20. The molecule has 112 valence electrons. The van der Waals surface area contributed by atoms with Crippen LogP contribution in [0, 0.1) is 5.92 Å². The lowest BCUT2D eigenvalue weighted by atomic mass is 9.94. The first-order chi connectivity index (χ1) is 10.0. The SMILES string of the molecule is CC[C@H](C)[C@H](NC(=O)c1ccc2c(c1)CCC=C2)C(=O)O. The highest BCUT2D eigenvalue weighted by Gasteiger charge is 2.25. The van der Waals surface area contributed by atoms with Crippen molar-refractivity contribution in [2.45, 2.75) is 39.2 Å². The highest BCUT2D eigenvalue weighted by molar-refractivity contribution is 5.97. The summed E-state index contributed by atoms with van der Waals surface area (Å²) in [4.78, 5) is 23.5. The summed E-state index contributed by atoms with van der Waals surface area (Å²) in [6, 6.07) is 4.68. The van der Waals surface area contributed by atoms with Crippen LogP contribution in [0.15, 0.2) is 24.3 Å². The fraction of sp³-hybridized carbons (Fsp3) is 0.412. The first-order valence-corrected chi connectivity index (χ1v) is 7.36. The maximum absolute atomic E-state index is 12.3. The average Bonchev–Trinajstić information content (AvgIpc) is 2.50.